The van der Waals surface area contributed by atoms with Crippen molar-refractivity contribution in [3.05, 3.63) is 0 Å². The van der Waals surface area contributed by atoms with Gasteiger partial charge in [0.15, 0.2) is 0 Å². The highest BCUT2D eigenvalue weighted by atomic mass is 16.4. The Kier molecular flexibility index (Phi) is 6.97. The number of hydrogen-bond donors (Lipinski definition) is 3. The Morgan fingerprint density at radius 3 is 2.32 bits per heavy atom. The van der Waals surface area contributed by atoms with E-state index < -0.39 is 6.09 Å². The zero-order valence-electron chi connectivity index (χ0n) is 14.3. The van der Waals surface area contributed by atoms with Crippen LogP contribution in [0.5, 0.6) is 0 Å². The molecule has 1 unspecified atom stereocenters. The summed E-state index contributed by atoms with van der Waals surface area (Å²) in [5.74, 6) is 0.583. The molecule has 6 heteroatoms. The van der Waals surface area contributed by atoms with Crippen molar-refractivity contribution < 1.29 is 14.7 Å². The van der Waals surface area contributed by atoms with Crippen LogP contribution in [0.15, 0.2) is 0 Å². The second kappa shape index (κ2) is 8.25. The van der Waals surface area contributed by atoms with Gasteiger partial charge in [0, 0.05) is 19.1 Å². The lowest BCUT2D eigenvalue weighted by atomic mass is 9.84. The maximum absolute atomic E-state index is 12.3. The SMILES string of the molecule is CN(C(=O)NC(C)(C)C)C(CNC(=O)O)CC1CCCCC1. The Morgan fingerprint density at radius 1 is 1.23 bits per heavy atom. The predicted molar refractivity (Wildman–Crippen MR) is 87.1 cm³/mol. The van der Waals surface area contributed by atoms with Crippen LogP contribution < -0.4 is 10.6 Å². The fourth-order valence-corrected chi connectivity index (χ4v) is 2.97. The molecule has 1 aliphatic rings. The van der Waals surface area contributed by atoms with Gasteiger partial charge in [-0.05, 0) is 33.1 Å². The Bertz CT molecular complexity index is 373. The van der Waals surface area contributed by atoms with E-state index in [0.717, 1.165) is 6.42 Å². The molecular formula is C16H31N3O3. The third-order valence-corrected chi connectivity index (χ3v) is 4.17. The first-order valence-corrected chi connectivity index (χ1v) is 8.21. The van der Waals surface area contributed by atoms with Gasteiger partial charge in [0.1, 0.15) is 0 Å². The highest BCUT2D eigenvalue weighted by Crippen LogP contribution is 2.28. The van der Waals surface area contributed by atoms with E-state index in [4.69, 9.17) is 5.11 Å². The number of nitrogens with one attached hydrogen (secondary N) is 2. The van der Waals surface area contributed by atoms with Crippen molar-refractivity contribution in [2.75, 3.05) is 13.6 Å². The highest BCUT2D eigenvalue weighted by molar-refractivity contribution is 5.75. The molecule has 0 aliphatic heterocycles. The molecule has 0 aromatic heterocycles. The van der Waals surface area contributed by atoms with Crippen molar-refractivity contribution in [2.24, 2.45) is 5.92 Å². The molecule has 22 heavy (non-hydrogen) atoms. The summed E-state index contributed by atoms with van der Waals surface area (Å²) in [5, 5.41) is 14.2. The molecule has 0 saturated heterocycles. The zero-order chi connectivity index (χ0) is 16.8. The third-order valence-electron chi connectivity index (χ3n) is 4.17. The molecule has 0 spiro atoms. The second-order valence-electron chi connectivity index (χ2n) is 7.37. The molecule has 1 fully saturated rings. The Hall–Kier alpha value is -1.46. The number of likely N-dealkylation sites (N-methyl/N-ethyl adjacent to an activating group) is 1. The summed E-state index contributed by atoms with van der Waals surface area (Å²) in [6.45, 7) is 6.08. The van der Waals surface area contributed by atoms with Gasteiger partial charge in [0.05, 0.1) is 6.04 Å². The third kappa shape index (κ3) is 7.00. The number of rotatable bonds is 5. The van der Waals surface area contributed by atoms with Crippen molar-refractivity contribution in [1.29, 1.82) is 0 Å². The van der Waals surface area contributed by atoms with Crippen LogP contribution in [0.2, 0.25) is 0 Å². The van der Waals surface area contributed by atoms with Crippen LogP contribution in [0, 0.1) is 5.92 Å². The summed E-state index contributed by atoms with van der Waals surface area (Å²) in [7, 11) is 1.75. The number of carbonyl (C=O) groups is 2. The van der Waals surface area contributed by atoms with Gasteiger partial charge in [-0.15, -0.1) is 0 Å². The normalized spacial score (nSPS) is 17.6. The zero-order valence-corrected chi connectivity index (χ0v) is 14.3. The average Bonchev–Trinajstić information content (AvgIpc) is 2.41. The van der Waals surface area contributed by atoms with E-state index in [2.05, 4.69) is 10.6 Å². The molecule has 1 aliphatic carbocycles. The maximum Gasteiger partial charge on any atom is 0.404 e. The molecule has 0 heterocycles. The Balaban J connectivity index is 2.65. The van der Waals surface area contributed by atoms with Crippen molar-refractivity contribution in [3.63, 3.8) is 0 Å². The fraction of sp³-hybridized carbons (Fsp3) is 0.875. The number of urea groups is 1. The van der Waals surface area contributed by atoms with Crippen LogP contribution in [0.4, 0.5) is 9.59 Å². The first-order chi connectivity index (χ1) is 10.2. The minimum atomic E-state index is -1.04. The van der Waals surface area contributed by atoms with Gasteiger partial charge in [-0.3, -0.25) is 0 Å². The maximum atomic E-state index is 12.3. The number of carboxylic acid groups (broad SMARTS) is 1. The van der Waals surface area contributed by atoms with Crippen LogP contribution in [-0.4, -0.2) is 47.3 Å². The summed E-state index contributed by atoms with van der Waals surface area (Å²) < 4.78 is 0. The van der Waals surface area contributed by atoms with Gasteiger partial charge in [-0.2, -0.15) is 0 Å². The summed E-state index contributed by atoms with van der Waals surface area (Å²) in [5.41, 5.74) is -0.305. The van der Waals surface area contributed by atoms with E-state index >= 15 is 0 Å². The predicted octanol–water partition coefficient (Wildman–Crippen LogP) is 3.03. The topological polar surface area (TPSA) is 81.7 Å². The molecular weight excluding hydrogens is 282 g/mol. The summed E-state index contributed by atoms with van der Waals surface area (Å²) >= 11 is 0. The van der Waals surface area contributed by atoms with Crippen molar-refractivity contribution >= 4 is 12.1 Å². The summed E-state index contributed by atoms with van der Waals surface area (Å²) in [6, 6.07) is -0.262. The van der Waals surface area contributed by atoms with Crippen molar-refractivity contribution in [3.8, 4) is 0 Å². The number of amides is 3. The van der Waals surface area contributed by atoms with Crippen LogP contribution in [0.1, 0.15) is 59.3 Å². The summed E-state index contributed by atoms with van der Waals surface area (Å²) in [4.78, 5) is 24.8. The smallest absolute Gasteiger partial charge is 0.404 e. The van der Waals surface area contributed by atoms with E-state index in [1.807, 2.05) is 20.8 Å². The number of carbonyl (C=O) groups excluding carboxylic acids is 1. The van der Waals surface area contributed by atoms with Gasteiger partial charge in [0.2, 0.25) is 0 Å². The minimum absolute atomic E-state index is 0.110. The van der Waals surface area contributed by atoms with Gasteiger partial charge >= 0.3 is 12.1 Å². The average molecular weight is 313 g/mol. The minimum Gasteiger partial charge on any atom is -0.465 e. The largest absolute Gasteiger partial charge is 0.465 e. The molecule has 3 N–H and O–H groups in total. The van der Waals surface area contributed by atoms with Crippen LogP contribution in [0.3, 0.4) is 0 Å². The molecule has 0 bridgehead atoms. The van der Waals surface area contributed by atoms with Crippen molar-refractivity contribution in [1.82, 2.24) is 15.5 Å². The van der Waals surface area contributed by atoms with Gasteiger partial charge in [-0.1, -0.05) is 32.1 Å². The van der Waals surface area contributed by atoms with Gasteiger partial charge in [0.25, 0.3) is 0 Å². The monoisotopic (exact) mass is 313 g/mol. The molecule has 1 atom stereocenters. The van der Waals surface area contributed by atoms with Crippen LogP contribution >= 0.6 is 0 Å². The number of hydrogen-bond acceptors (Lipinski definition) is 2. The van der Waals surface area contributed by atoms with Crippen molar-refractivity contribution in [2.45, 2.75) is 70.9 Å². The van der Waals surface area contributed by atoms with E-state index in [0.29, 0.717) is 5.92 Å². The first-order valence-electron chi connectivity index (χ1n) is 8.21. The van der Waals surface area contributed by atoms with E-state index in [-0.39, 0.29) is 24.2 Å². The molecule has 0 aromatic rings. The first kappa shape index (κ1) is 18.6. The highest BCUT2D eigenvalue weighted by Gasteiger charge is 2.27. The molecule has 3 amide bonds. The standard InChI is InChI=1S/C16H31N3O3/c1-16(2,3)18-14(20)19(4)13(11-17-15(21)22)10-12-8-6-5-7-9-12/h12-13,17H,5-11H2,1-4H3,(H,18,20)(H,21,22). The lowest BCUT2D eigenvalue weighted by Gasteiger charge is -2.34. The lowest BCUT2D eigenvalue weighted by Crippen LogP contribution is -2.53. The quantitative estimate of drug-likeness (QED) is 0.729. The van der Waals surface area contributed by atoms with E-state index in [1.54, 1.807) is 11.9 Å². The van der Waals surface area contributed by atoms with E-state index in [1.165, 1.54) is 32.1 Å². The Morgan fingerprint density at radius 2 is 1.82 bits per heavy atom. The molecule has 128 valence electrons. The molecule has 0 radical (unpaired) electrons. The molecule has 1 saturated carbocycles. The fourth-order valence-electron chi connectivity index (χ4n) is 2.97. The van der Waals surface area contributed by atoms with Gasteiger partial charge in [-0.25, -0.2) is 9.59 Å². The van der Waals surface area contributed by atoms with Crippen LogP contribution in [0.25, 0.3) is 0 Å². The lowest BCUT2D eigenvalue weighted by molar-refractivity contribution is 0.157. The Labute approximate surface area is 133 Å². The van der Waals surface area contributed by atoms with Gasteiger partial charge < -0.3 is 20.6 Å². The summed E-state index contributed by atoms with van der Waals surface area (Å²) in [6.07, 6.45) is 5.93. The molecule has 0 aromatic carbocycles. The van der Waals surface area contributed by atoms with E-state index in [9.17, 15) is 9.59 Å². The van der Waals surface area contributed by atoms with Crippen LogP contribution in [-0.2, 0) is 0 Å². The molecule has 6 nitrogen and oxygen atoms in total. The molecule has 1 rings (SSSR count). The number of nitrogens with zero attached hydrogens (tertiary/aromatic N) is 1. The second-order valence-corrected chi connectivity index (χ2v) is 7.37.